The van der Waals surface area contributed by atoms with Crippen LogP contribution in [0.15, 0.2) is 0 Å². The number of ether oxygens (including phenoxy) is 1. The van der Waals surface area contributed by atoms with Crippen molar-refractivity contribution in [2.45, 2.75) is 130 Å². The lowest BCUT2D eigenvalue weighted by Gasteiger charge is -2.23. The highest BCUT2D eigenvalue weighted by atomic mass is 16.6. The topological polar surface area (TPSA) is 67.4 Å². The highest BCUT2D eigenvalue weighted by molar-refractivity contribution is 5.85. The Kier molecular flexibility index (Phi) is 15.9. The van der Waals surface area contributed by atoms with Gasteiger partial charge in [-0.2, -0.15) is 0 Å². The molecule has 1 atom stereocenters. The quantitative estimate of drug-likeness (QED) is 0.308. The van der Waals surface area contributed by atoms with E-state index in [0.29, 0.717) is 13.0 Å². The maximum absolute atomic E-state index is 12.2. The van der Waals surface area contributed by atoms with E-state index in [1.54, 1.807) is 0 Å². The van der Waals surface area contributed by atoms with Crippen molar-refractivity contribution in [1.82, 2.24) is 10.6 Å². The number of likely N-dealkylation sites (N-methyl/N-ethyl adjacent to an activating group) is 1. The first-order valence-electron chi connectivity index (χ1n) is 11.6. The number of carbonyl (C=O) groups excluding carboxylic acids is 2. The van der Waals surface area contributed by atoms with Crippen LogP contribution in [0.3, 0.4) is 0 Å². The Morgan fingerprint density at radius 1 is 0.786 bits per heavy atom. The third-order valence-electron chi connectivity index (χ3n) is 4.70. The van der Waals surface area contributed by atoms with E-state index < -0.39 is 17.7 Å². The van der Waals surface area contributed by atoms with E-state index in [4.69, 9.17) is 4.74 Å². The lowest BCUT2D eigenvalue weighted by atomic mass is 10.0. The first kappa shape index (κ1) is 26.7. The number of hydrogen-bond donors (Lipinski definition) is 2. The van der Waals surface area contributed by atoms with Gasteiger partial charge >= 0.3 is 6.09 Å². The summed E-state index contributed by atoms with van der Waals surface area (Å²) in [7, 11) is 0. The molecule has 0 aromatic heterocycles. The van der Waals surface area contributed by atoms with Gasteiger partial charge in [-0.05, 0) is 34.1 Å². The van der Waals surface area contributed by atoms with Crippen LogP contribution in [0.5, 0.6) is 0 Å². The van der Waals surface area contributed by atoms with Crippen molar-refractivity contribution in [3.8, 4) is 0 Å². The van der Waals surface area contributed by atoms with Gasteiger partial charge in [-0.15, -0.1) is 0 Å². The summed E-state index contributed by atoms with van der Waals surface area (Å²) in [6.45, 7) is 10.2. The van der Waals surface area contributed by atoms with E-state index in [0.717, 1.165) is 12.8 Å². The number of rotatable bonds is 16. The fourth-order valence-corrected chi connectivity index (χ4v) is 3.21. The Bertz CT molecular complexity index is 405. The summed E-state index contributed by atoms with van der Waals surface area (Å²) in [4.78, 5) is 24.2. The van der Waals surface area contributed by atoms with Gasteiger partial charge in [0, 0.05) is 6.54 Å². The molecule has 0 heterocycles. The molecule has 0 bridgehead atoms. The average molecular weight is 399 g/mol. The Morgan fingerprint density at radius 2 is 1.25 bits per heavy atom. The van der Waals surface area contributed by atoms with Crippen molar-refractivity contribution >= 4 is 12.0 Å². The molecule has 0 saturated carbocycles. The largest absolute Gasteiger partial charge is 0.444 e. The highest BCUT2D eigenvalue weighted by Gasteiger charge is 2.23. The molecular weight excluding hydrogens is 352 g/mol. The smallest absolute Gasteiger partial charge is 0.408 e. The summed E-state index contributed by atoms with van der Waals surface area (Å²) in [5, 5.41) is 5.52. The molecule has 5 nitrogen and oxygen atoms in total. The van der Waals surface area contributed by atoms with Crippen LogP contribution >= 0.6 is 0 Å². The minimum atomic E-state index is -0.564. The highest BCUT2D eigenvalue weighted by Crippen LogP contribution is 2.13. The number of carbonyl (C=O) groups is 2. The molecular formula is C23H46N2O3. The zero-order valence-electron chi connectivity index (χ0n) is 19.2. The number of alkyl carbamates (subject to hydrolysis) is 1. The van der Waals surface area contributed by atoms with Crippen LogP contribution in [0.4, 0.5) is 4.79 Å². The number of nitrogens with one attached hydrogen (secondary N) is 2. The second kappa shape index (κ2) is 16.7. The summed E-state index contributed by atoms with van der Waals surface area (Å²) in [6, 6.07) is -0.516. The van der Waals surface area contributed by atoms with Crippen molar-refractivity contribution in [3.63, 3.8) is 0 Å². The van der Waals surface area contributed by atoms with Gasteiger partial charge in [-0.1, -0.05) is 84.0 Å². The first-order valence-corrected chi connectivity index (χ1v) is 11.6. The predicted octanol–water partition coefficient (Wildman–Crippen LogP) is 6.11. The standard InChI is InChI=1S/C23H46N2O3/c1-6-8-9-10-11-12-13-14-15-16-17-18-19-20(21(26)24-7-2)25-22(27)28-23(3,4)5/h20H,6-19H2,1-5H3,(H,24,26)(H,25,27). The third-order valence-corrected chi connectivity index (χ3v) is 4.70. The molecule has 0 aliphatic heterocycles. The molecule has 5 heteroatoms. The molecule has 166 valence electrons. The molecule has 0 spiro atoms. The molecule has 0 aromatic rings. The zero-order valence-corrected chi connectivity index (χ0v) is 19.2. The zero-order chi connectivity index (χ0) is 21.3. The van der Waals surface area contributed by atoms with Crippen molar-refractivity contribution in [1.29, 1.82) is 0 Å². The van der Waals surface area contributed by atoms with Crippen LogP contribution in [0.2, 0.25) is 0 Å². The Balaban J connectivity index is 3.90. The second-order valence-electron chi connectivity index (χ2n) is 8.77. The van der Waals surface area contributed by atoms with Gasteiger partial charge in [0.25, 0.3) is 0 Å². The monoisotopic (exact) mass is 398 g/mol. The van der Waals surface area contributed by atoms with Gasteiger partial charge in [-0.25, -0.2) is 4.79 Å². The lowest BCUT2D eigenvalue weighted by Crippen LogP contribution is -2.48. The normalized spacial score (nSPS) is 12.5. The van der Waals surface area contributed by atoms with Crippen molar-refractivity contribution in [2.75, 3.05) is 6.54 Å². The third kappa shape index (κ3) is 16.9. The van der Waals surface area contributed by atoms with Crippen LogP contribution in [-0.4, -0.2) is 30.2 Å². The summed E-state index contributed by atoms with van der Waals surface area (Å²) >= 11 is 0. The van der Waals surface area contributed by atoms with E-state index in [2.05, 4.69) is 17.6 Å². The summed E-state index contributed by atoms with van der Waals surface area (Å²) in [5.74, 6) is -0.128. The van der Waals surface area contributed by atoms with Crippen LogP contribution in [0.1, 0.15) is 118 Å². The number of hydrogen-bond acceptors (Lipinski definition) is 3. The molecule has 2 N–H and O–H groups in total. The minimum Gasteiger partial charge on any atom is -0.444 e. The van der Waals surface area contributed by atoms with Crippen LogP contribution < -0.4 is 10.6 Å². The van der Waals surface area contributed by atoms with Gasteiger partial charge in [0.15, 0.2) is 0 Å². The molecule has 0 fully saturated rings. The molecule has 0 radical (unpaired) electrons. The second-order valence-corrected chi connectivity index (χ2v) is 8.77. The van der Waals surface area contributed by atoms with Gasteiger partial charge in [-0.3, -0.25) is 4.79 Å². The summed E-state index contributed by atoms with van der Waals surface area (Å²) in [5.41, 5.74) is -0.564. The van der Waals surface area contributed by atoms with E-state index >= 15 is 0 Å². The van der Waals surface area contributed by atoms with Crippen molar-refractivity contribution in [2.24, 2.45) is 0 Å². The Morgan fingerprint density at radius 3 is 1.68 bits per heavy atom. The van der Waals surface area contributed by atoms with Gasteiger partial charge in [0.1, 0.15) is 11.6 Å². The minimum absolute atomic E-state index is 0.128. The lowest BCUT2D eigenvalue weighted by molar-refractivity contribution is -0.123. The Hall–Kier alpha value is -1.26. The van der Waals surface area contributed by atoms with Crippen molar-refractivity contribution < 1.29 is 14.3 Å². The van der Waals surface area contributed by atoms with Gasteiger partial charge in [0.2, 0.25) is 5.91 Å². The molecule has 0 saturated heterocycles. The van der Waals surface area contributed by atoms with E-state index in [1.165, 1.54) is 64.2 Å². The molecule has 0 rings (SSSR count). The SMILES string of the molecule is CCCCCCCCCCCCCCC(NC(=O)OC(C)(C)C)C(=O)NCC. The molecule has 28 heavy (non-hydrogen) atoms. The van der Waals surface area contributed by atoms with E-state index in [1.807, 2.05) is 27.7 Å². The Labute approximate surface area is 173 Å². The van der Waals surface area contributed by atoms with Crippen molar-refractivity contribution in [3.05, 3.63) is 0 Å². The van der Waals surface area contributed by atoms with Crippen LogP contribution in [0, 0.1) is 0 Å². The molecule has 1 unspecified atom stereocenters. The fraction of sp³-hybridized carbons (Fsp3) is 0.913. The summed E-state index contributed by atoms with van der Waals surface area (Å²) < 4.78 is 5.28. The van der Waals surface area contributed by atoms with E-state index in [-0.39, 0.29) is 5.91 Å². The average Bonchev–Trinajstić information content (AvgIpc) is 2.60. The van der Waals surface area contributed by atoms with Crippen LogP contribution in [-0.2, 0) is 9.53 Å². The summed E-state index contributed by atoms with van der Waals surface area (Å²) in [6.07, 6.45) is 15.5. The number of unbranched alkanes of at least 4 members (excludes halogenated alkanes) is 11. The van der Waals surface area contributed by atoms with Gasteiger partial charge in [0.05, 0.1) is 0 Å². The molecule has 0 aliphatic rings. The predicted molar refractivity (Wildman–Crippen MR) is 118 cm³/mol. The van der Waals surface area contributed by atoms with Crippen LogP contribution in [0.25, 0.3) is 0 Å². The van der Waals surface area contributed by atoms with E-state index in [9.17, 15) is 9.59 Å². The molecule has 0 aliphatic carbocycles. The first-order chi connectivity index (χ1) is 13.3. The number of amides is 2. The maximum Gasteiger partial charge on any atom is 0.408 e. The molecule has 0 aromatic carbocycles. The molecule has 2 amide bonds. The maximum atomic E-state index is 12.2. The van der Waals surface area contributed by atoms with Gasteiger partial charge < -0.3 is 15.4 Å². The fourth-order valence-electron chi connectivity index (χ4n) is 3.21.